The van der Waals surface area contributed by atoms with E-state index < -0.39 is 0 Å². The predicted molar refractivity (Wildman–Crippen MR) is 94.0 cm³/mol. The average molecular weight is 330 g/mol. The van der Waals surface area contributed by atoms with Gasteiger partial charge in [-0.1, -0.05) is 19.3 Å². The zero-order chi connectivity index (χ0) is 16.5. The Labute approximate surface area is 144 Å². The minimum atomic E-state index is 0.158. The zero-order valence-electron chi connectivity index (χ0n) is 14.8. The first-order valence-corrected chi connectivity index (χ1v) is 9.79. The third-order valence-corrected chi connectivity index (χ3v) is 5.95. The second-order valence-corrected chi connectivity index (χ2v) is 8.01. The number of likely N-dealkylation sites (tertiary alicyclic amines) is 1. The van der Waals surface area contributed by atoms with E-state index in [-0.39, 0.29) is 6.03 Å². The van der Waals surface area contributed by atoms with Gasteiger partial charge in [-0.05, 0) is 44.9 Å². The van der Waals surface area contributed by atoms with Gasteiger partial charge in [0.25, 0.3) is 0 Å². The molecule has 132 valence electrons. The summed E-state index contributed by atoms with van der Waals surface area (Å²) in [4.78, 5) is 19.2. The van der Waals surface area contributed by atoms with Gasteiger partial charge in [-0.3, -0.25) is 0 Å². The van der Waals surface area contributed by atoms with Crippen molar-refractivity contribution in [3.8, 4) is 0 Å². The monoisotopic (exact) mass is 330 g/mol. The number of nitrogens with zero attached hydrogens (tertiary/aromatic N) is 3. The summed E-state index contributed by atoms with van der Waals surface area (Å²) in [5.41, 5.74) is 1.29. The lowest BCUT2D eigenvalue weighted by Gasteiger charge is -2.26. The summed E-state index contributed by atoms with van der Waals surface area (Å²) < 4.78 is 2.44. The lowest BCUT2D eigenvalue weighted by Crippen LogP contribution is -2.44. The number of hydrogen-bond donors (Lipinski definition) is 1. The molecular formula is C19H30N4O. The van der Waals surface area contributed by atoms with Crippen LogP contribution >= 0.6 is 0 Å². The maximum atomic E-state index is 12.5. The smallest absolute Gasteiger partial charge is 0.317 e. The molecule has 1 saturated heterocycles. The van der Waals surface area contributed by atoms with E-state index in [2.05, 4.69) is 21.8 Å². The van der Waals surface area contributed by atoms with Gasteiger partial charge in [0.15, 0.2) is 0 Å². The van der Waals surface area contributed by atoms with Crippen LogP contribution in [0, 0.1) is 12.8 Å². The molecule has 0 aromatic carbocycles. The lowest BCUT2D eigenvalue weighted by molar-refractivity contribution is 0.198. The average Bonchev–Trinajstić information content (AvgIpc) is 3.19. The Morgan fingerprint density at radius 2 is 2.00 bits per heavy atom. The Hall–Kier alpha value is -1.52. The number of amides is 2. The van der Waals surface area contributed by atoms with Crippen molar-refractivity contribution >= 4 is 6.03 Å². The SMILES string of the molecule is Cc1cnc(CC2CCN(C(=O)NC3CCCCC3)C2)n1C1CC1. The van der Waals surface area contributed by atoms with E-state index in [1.165, 1.54) is 43.6 Å². The Morgan fingerprint density at radius 1 is 1.21 bits per heavy atom. The molecule has 1 unspecified atom stereocenters. The molecule has 2 heterocycles. The molecule has 0 spiro atoms. The van der Waals surface area contributed by atoms with Gasteiger partial charge in [-0.15, -0.1) is 0 Å². The molecule has 3 aliphatic rings. The van der Waals surface area contributed by atoms with E-state index in [0.717, 1.165) is 38.8 Å². The van der Waals surface area contributed by atoms with Gasteiger partial charge in [0.05, 0.1) is 0 Å². The molecule has 1 atom stereocenters. The van der Waals surface area contributed by atoms with E-state index in [9.17, 15) is 4.79 Å². The number of urea groups is 1. The topological polar surface area (TPSA) is 50.2 Å². The summed E-state index contributed by atoms with van der Waals surface area (Å²) in [6, 6.07) is 1.25. The maximum absolute atomic E-state index is 12.5. The van der Waals surface area contributed by atoms with Gasteiger partial charge < -0.3 is 14.8 Å². The molecule has 4 rings (SSSR count). The molecule has 1 aromatic heterocycles. The van der Waals surface area contributed by atoms with Crippen molar-refractivity contribution in [3.63, 3.8) is 0 Å². The fourth-order valence-electron chi connectivity index (χ4n) is 4.43. The molecule has 1 aliphatic heterocycles. The van der Waals surface area contributed by atoms with Crippen molar-refractivity contribution in [2.75, 3.05) is 13.1 Å². The van der Waals surface area contributed by atoms with Crippen LogP contribution in [-0.2, 0) is 6.42 Å². The van der Waals surface area contributed by atoms with Gasteiger partial charge in [0.1, 0.15) is 5.82 Å². The summed E-state index contributed by atoms with van der Waals surface area (Å²) in [5.74, 6) is 1.79. The number of rotatable bonds is 4. The Kier molecular flexibility index (Phi) is 4.51. The number of hydrogen-bond acceptors (Lipinski definition) is 2. The van der Waals surface area contributed by atoms with Gasteiger partial charge in [-0.25, -0.2) is 9.78 Å². The van der Waals surface area contributed by atoms with Crippen molar-refractivity contribution in [1.82, 2.24) is 19.8 Å². The quantitative estimate of drug-likeness (QED) is 0.919. The number of carbonyl (C=O) groups excluding carboxylic acids is 1. The maximum Gasteiger partial charge on any atom is 0.317 e. The van der Waals surface area contributed by atoms with Crippen LogP contribution in [0.1, 0.15) is 68.9 Å². The van der Waals surface area contributed by atoms with Gasteiger partial charge in [0.2, 0.25) is 0 Å². The lowest BCUT2D eigenvalue weighted by atomic mass is 9.96. The molecule has 24 heavy (non-hydrogen) atoms. The standard InChI is InChI=1S/C19H30N4O/c1-14-12-20-18(23(14)17-7-8-17)11-15-9-10-22(13-15)19(24)21-16-5-3-2-4-6-16/h12,15-17H,2-11,13H2,1H3,(H,21,24). The fraction of sp³-hybridized carbons (Fsp3) is 0.789. The van der Waals surface area contributed by atoms with Gasteiger partial charge in [-0.2, -0.15) is 0 Å². The molecule has 2 amide bonds. The highest BCUT2D eigenvalue weighted by Gasteiger charge is 2.31. The first-order valence-electron chi connectivity index (χ1n) is 9.79. The van der Waals surface area contributed by atoms with Crippen LogP contribution in [0.3, 0.4) is 0 Å². The van der Waals surface area contributed by atoms with Crippen LogP contribution in [0.2, 0.25) is 0 Å². The van der Waals surface area contributed by atoms with Gasteiger partial charge in [0, 0.05) is 43.5 Å². The zero-order valence-corrected chi connectivity index (χ0v) is 14.8. The molecule has 2 saturated carbocycles. The summed E-state index contributed by atoms with van der Waals surface area (Å²) >= 11 is 0. The van der Waals surface area contributed by atoms with E-state index in [1.807, 2.05) is 11.1 Å². The number of nitrogens with one attached hydrogen (secondary N) is 1. The minimum Gasteiger partial charge on any atom is -0.335 e. The highest BCUT2D eigenvalue weighted by molar-refractivity contribution is 5.74. The molecule has 3 fully saturated rings. The van der Waals surface area contributed by atoms with Crippen LogP contribution in [0.15, 0.2) is 6.20 Å². The number of imidazole rings is 1. The minimum absolute atomic E-state index is 0.158. The first kappa shape index (κ1) is 16.0. The van der Waals surface area contributed by atoms with Crippen LogP contribution < -0.4 is 5.32 Å². The molecule has 1 aromatic rings. The largest absolute Gasteiger partial charge is 0.335 e. The second kappa shape index (κ2) is 6.77. The van der Waals surface area contributed by atoms with Crippen LogP contribution in [0.5, 0.6) is 0 Å². The third-order valence-electron chi connectivity index (χ3n) is 5.95. The molecule has 5 nitrogen and oxygen atoms in total. The highest BCUT2D eigenvalue weighted by atomic mass is 16.2. The first-order chi connectivity index (χ1) is 11.7. The third kappa shape index (κ3) is 3.45. The Bertz CT molecular complexity index is 586. The van der Waals surface area contributed by atoms with Crippen molar-refractivity contribution < 1.29 is 4.79 Å². The Morgan fingerprint density at radius 3 is 2.75 bits per heavy atom. The Balaban J connectivity index is 1.30. The van der Waals surface area contributed by atoms with Crippen LogP contribution in [0.25, 0.3) is 0 Å². The summed E-state index contributed by atoms with van der Waals surface area (Å²) in [5, 5.41) is 3.26. The van der Waals surface area contributed by atoms with Crippen molar-refractivity contribution in [2.24, 2.45) is 5.92 Å². The van der Waals surface area contributed by atoms with E-state index in [4.69, 9.17) is 0 Å². The van der Waals surface area contributed by atoms with Crippen LogP contribution in [-0.4, -0.2) is 39.6 Å². The molecule has 1 N–H and O–H groups in total. The number of aryl methyl sites for hydroxylation is 1. The normalized spacial score (nSPS) is 25.2. The molecule has 5 heteroatoms. The summed E-state index contributed by atoms with van der Waals surface area (Å²) in [7, 11) is 0. The van der Waals surface area contributed by atoms with Crippen molar-refractivity contribution in [3.05, 3.63) is 17.7 Å². The summed E-state index contributed by atoms with van der Waals surface area (Å²) in [6.07, 6.45) is 12.9. The van der Waals surface area contributed by atoms with Crippen LogP contribution in [0.4, 0.5) is 4.79 Å². The number of carbonyl (C=O) groups is 1. The molecule has 0 radical (unpaired) electrons. The highest BCUT2D eigenvalue weighted by Crippen LogP contribution is 2.37. The second-order valence-electron chi connectivity index (χ2n) is 8.01. The van der Waals surface area contributed by atoms with E-state index in [1.54, 1.807) is 0 Å². The molecule has 0 bridgehead atoms. The van der Waals surface area contributed by atoms with E-state index >= 15 is 0 Å². The molecule has 2 aliphatic carbocycles. The van der Waals surface area contributed by atoms with Gasteiger partial charge >= 0.3 is 6.03 Å². The molecular weight excluding hydrogens is 300 g/mol. The predicted octanol–water partition coefficient (Wildman–Crippen LogP) is 3.43. The van der Waals surface area contributed by atoms with Crippen molar-refractivity contribution in [2.45, 2.75) is 76.8 Å². The van der Waals surface area contributed by atoms with Crippen molar-refractivity contribution in [1.29, 1.82) is 0 Å². The van der Waals surface area contributed by atoms with E-state index in [0.29, 0.717) is 18.0 Å². The number of aromatic nitrogens is 2. The fourth-order valence-corrected chi connectivity index (χ4v) is 4.43. The summed E-state index contributed by atoms with van der Waals surface area (Å²) in [6.45, 7) is 3.94.